The van der Waals surface area contributed by atoms with Gasteiger partial charge in [0.15, 0.2) is 5.78 Å². The minimum Gasteiger partial charge on any atom is -0.494 e. The lowest BCUT2D eigenvalue weighted by atomic mass is 10.0. The van der Waals surface area contributed by atoms with E-state index in [0.717, 1.165) is 12.2 Å². The monoisotopic (exact) mass is 308 g/mol. The van der Waals surface area contributed by atoms with Crippen LogP contribution in [-0.2, 0) is 0 Å². The Morgan fingerprint density at radius 1 is 1.10 bits per heavy atom. The smallest absolute Gasteiger partial charge is 0.194 e. The number of hydrogen-bond acceptors (Lipinski definition) is 2. The lowest BCUT2D eigenvalue weighted by molar-refractivity contribution is 0.103. The molecule has 0 saturated carbocycles. The predicted molar refractivity (Wildman–Crippen MR) is 82.1 cm³/mol. The largest absolute Gasteiger partial charge is 0.494 e. The first kappa shape index (κ1) is 14.9. The molecule has 2 nitrogen and oxygen atoms in total. The van der Waals surface area contributed by atoms with Crippen molar-refractivity contribution in [2.45, 2.75) is 13.3 Å². The van der Waals surface area contributed by atoms with E-state index in [9.17, 15) is 4.79 Å². The van der Waals surface area contributed by atoms with Crippen molar-refractivity contribution in [2.75, 3.05) is 6.61 Å². The normalized spacial score (nSPS) is 10.3. The highest BCUT2D eigenvalue weighted by Gasteiger charge is 2.14. The van der Waals surface area contributed by atoms with Gasteiger partial charge < -0.3 is 4.74 Å². The Hall–Kier alpha value is -1.51. The molecule has 0 heterocycles. The molecule has 0 fully saturated rings. The number of rotatable bonds is 5. The number of benzene rings is 2. The molecule has 2 aromatic rings. The van der Waals surface area contributed by atoms with Crippen LogP contribution in [0.1, 0.15) is 29.3 Å². The van der Waals surface area contributed by atoms with Crippen molar-refractivity contribution >= 4 is 29.0 Å². The van der Waals surface area contributed by atoms with Crippen LogP contribution in [0.25, 0.3) is 0 Å². The van der Waals surface area contributed by atoms with Gasteiger partial charge in [0.25, 0.3) is 0 Å². The van der Waals surface area contributed by atoms with E-state index in [1.54, 1.807) is 42.5 Å². The number of ketones is 1. The van der Waals surface area contributed by atoms with Gasteiger partial charge in [-0.05, 0) is 42.8 Å². The first-order valence-corrected chi connectivity index (χ1v) is 7.10. The van der Waals surface area contributed by atoms with Crippen molar-refractivity contribution in [2.24, 2.45) is 0 Å². The second-order valence-corrected chi connectivity index (χ2v) is 5.09. The topological polar surface area (TPSA) is 26.3 Å². The molecule has 0 unspecified atom stereocenters. The zero-order valence-corrected chi connectivity index (χ0v) is 12.5. The van der Waals surface area contributed by atoms with Crippen molar-refractivity contribution in [1.82, 2.24) is 0 Å². The summed E-state index contributed by atoms with van der Waals surface area (Å²) in [6, 6.07) is 12.0. The molecule has 0 aliphatic carbocycles. The molecule has 0 aliphatic heterocycles. The van der Waals surface area contributed by atoms with E-state index in [-0.39, 0.29) is 10.8 Å². The van der Waals surface area contributed by atoms with Crippen LogP contribution in [0.3, 0.4) is 0 Å². The third-order valence-electron chi connectivity index (χ3n) is 2.79. The molecular weight excluding hydrogens is 295 g/mol. The van der Waals surface area contributed by atoms with E-state index in [1.165, 1.54) is 0 Å². The Bertz CT molecular complexity index is 606. The van der Waals surface area contributed by atoms with Crippen LogP contribution in [0, 0.1) is 0 Å². The maximum atomic E-state index is 12.4. The Kier molecular flexibility index (Phi) is 5.05. The van der Waals surface area contributed by atoms with Gasteiger partial charge in [0.2, 0.25) is 0 Å². The van der Waals surface area contributed by atoms with Crippen molar-refractivity contribution in [1.29, 1.82) is 0 Å². The molecule has 2 rings (SSSR count). The summed E-state index contributed by atoms with van der Waals surface area (Å²) < 4.78 is 5.48. The maximum absolute atomic E-state index is 12.4. The molecule has 104 valence electrons. The van der Waals surface area contributed by atoms with Gasteiger partial charge in [-0.25, -0.2) is 0 Å². The first-order chi connectivity index (χ1) is 9.63. The molecule has 0 N–H and O–H groups in total. The van der Waals surface area contributed by atoms with E-state index >= 15 is 0 Å². The Labute approximate surface area is 128 Å². The first-order valence-electron chi connectivity index (χ1n) is 6.35. The molecule has 0 aliphatic rings. The summed E-state index contributed by atoms with van der Waals surface area (Å²) in [5.41, 5.74) is 0.958. The number of carbonyl (C=O) groups is 1. The highest BCUT2D eigenvalue weighted by molar-refractivity contribution is 6.44. The van der Waals surface area contributed by atoms with Gasteiger partial charge in [-0.2, -0.15) is 0 Å². The number of hydrogen-bond donors (Lipinski definition) is 0. The molecule has 0 atom stereocenters. The molecule has 0 aromatic heterocycles. The summed E-state index contributed by atoms with van der Waals surface area (Å²) in [7, 11) is 0. The van der Waals surface area contributed by atoms with Gasteiger partial charge in [-0.3, -0.25) is 4.79 Å². The number of halogens is 2. The zero-order valence-electron chi connectivity index (χ0n) is 11.0. The quantitative estimate of drug-likeness (QED) is 0.725. The predicted octanol–water partition coefficient (Wildman–Crippen LogP) is 5.01. The van der Waals surface area contributed by atoms with Crippen LogP contribution >= 0.6 is 23.2 Å². The molecular formula is C16H14Cl2O2. The molecule has 0 amide bonds. The van der Waals surface area contributed by atoms with E-state index in [0.29, 0.717) is 22.8 Å². The van der Waals surface area contributed by atoms with Crippen molar-refractivity contribution in [3.05, 3.63) is 63.6 Å². The molecule has 2 aromatic carbocycles. The molecule has 0 radical (unpaired) electrons. The minimum atomic E-state index is -0.153. The van der Waals surface area contributed by atoms with E-state index in [4.69, 9.17) is 27.9 Å². The van der Waals surface area contributed by atoms with Gasteiger partial charge >= 0.3 is 0 Å². The van der Waals surface area contributed by atoms with Crippen molar-refractivity contribution in [3.63, 3.8) is 0 Å². The maximum Gasteiger partial charge on any atom is 0.194 e. The van der Waals surface area contributed by atoms with Gasteiger partial charge in [0, 0.05) is 11.1 Å². The van der Waals surface area contributed by atoms with Crippen LogP contribution in [0.4, 0.5) is 0 Å². The summed E-state index contributed by atoms with van der Waals surface area (Å²) in [6.45, 7) is 2.70. The summed E-state index contributed by atoms with van der Waals surface area (Å²) in [4.78, 5) is 12.4. The van der Waals surface area contributed by atoms with Crippen LogP contribution in [0.5, 0.6) is 5.75 Å². The van der Waals surface area contributed by atoms with E-state index in [2.05, 4.69) is 0 Å². The lowest BCUT2D eigenvalue weighted by Gasteiger charge is -2.07. The second-order valence-electron chi connectivity index (χ2n) is 4.30. The molecule has 4 heteroatoms. The van der Waals surface area contributed by atoms with Gasteiger partial charge in [0.1, 0.15) is 5.75 Å². The Balaban J connectivity index is 2.23. The molecule has 0 spiro atoms. The molecule has 20 heavy (non-hydrogen) atoms. The highest BCUT2D eigenvalue weighted by atomic mass is 35.5. The van der Waals surface area contributed by atoms with Crippen molar-refractivity contribution in [3.8, 4) is 5.75 Å². The summed E-state index contributed by atoms with van der Waals surface area (Å²) in [5, 5.41) is 0.658. The zero-order chi connectivity index (χ0) is 14.5. The fourth-order valence-electron chi connectivity index (χ4n) is 1.76. The van der Waals surface area contributed by atoms with Gasteiger partial charge in [-0.1, -0.05) is 36.2 Å². The Morgan fingerprint density at radius 3 is 2.45 bits per heavy atom. The van der Waals surface area contributed by atoms with Crippen LogP contribution in [0.15, 0.2) is 42.5 Å². The highest BCUT2D eigenvalue weighted by Crippen LogP contribution is 2.27. The minimum absolute atomic E-state index is 0.153. The molecule has 0 saturated heterocycles. The number of carbonyl (C=O) groups excluding carboxylic acids is 1. The van der Waals surface area contributed by atoms with E-state index in [1.807, 2.05) is 6.92 Å². The SMILES string of the molecule is CCCOc1ccc(C(=O)c2cccc(Cl)c2Cl)cc1. The third-order valence-corrected chi connectivity index (χ3v) is 3.60. The number of ether oxygens (including phenoxy) is 1. The average molecular weight is 309 g/mol. The second kappa shape index (κ2) is 6.78. The third kappa shape index (κ3) is 3.33. The fraction of sp³-hybridized carbons (Fsp3) is 0.188. The molecule has 0 bridgehead atoms. The van der Waals surface area contributed by atoms with Crippen LogP contribution < -0.4 is 4.74 Å². The van der Waals surface area contributed by atoms with Crippen LogP contribution in [0.2, 0.25) is 10.0 Å². The van der Waals surface area contributed by atoms with Crippen LogP contribution in [-0.4, -0.2) is 12.4 Å². The Morgan fingerprint density at radius 2 is 1.80 bits per heavy atom. The van der Waals surface area contributed by atoms with Gasteiger partial charge in [-0.15, -0.1) is 0 Å². The standard InChI is InChI=1S/C16H14Cl2O2/c1-2-10-20-12-8-6-11(7-9-12)16(19)13-4-3-5-14(17)15(13)18/h3-9H,2,10H2,1H3. The summed E-state index contributed by atoms with van der Waals surface area (Å²) >= 11 is 12.0. The fourth-order valence-corrected chi connectivity index (χ4v) is 2.14. The van der Waals surface area contributed by atoms with Crippen molar-refractivity contribution < 1.29 is 9.53 Å². The lowest BCUT2D eigenvalue weighted by Crippen LogP contribution is -2.02. The van der Waals surface area contributed by atoms with E-state index < -0.39 is 0 Å². The summed E-state index contributed by atoms with van der Waals surface area (Å²) in [6.07, 6.45) is 0.943. The summed E-state index contributed by atoms with van der Waals surface area (Å²) in [5.74, 6) is 0.597. The average Bonchev–Trinajstić information content (AvgIpc) is 2.48. The van der Waals surface area contributed by atoms with Gasteiger partial charge in [0.05, 0.1) is 16.7 Å².